The van der Waals surface area contributed by atoms with Crippen molar-refractivity contribution >= 4 is 54.4 Å². The number of hydrogen-bond donors (Lipinski definition) is 3. The molecule has 11 rings (SSSR count). The summed E-state index contributed by atoms with van der Waals surface area (Å²) in [6, 6.07) is 68.3. The molecule has 0 amide bonds. The highest BCUT2D eigenvalue weighted by molar-refractivity contribution is 6.19. The third-order valence-corrected chi connectivity index (χ3v) is 11.4. The average molecular weight is 697 g/mol. The van der Waals surface area contributed by atoms with Gasteiger partial charge >= 0.3 is 0 Å². The van der Waals surface area contributed by atoms with E-state index in [1.165, 1.54) is 76.8 Å². The first kappa shape index (κ1) is 31.1. The van der Waals surface area contributed by atoms with Gasteiger partial charge in [-0.2, -0.15) is 0 Å². The van der Waals surface area contributed by atoms with E-state index < -0.39 is 0 Å². The quantitative estimate of drug-likeness (QED) is 0.168. The van der Waals surface area contributed by atoms with E-state index in [1.807, 2.05) is 0 Å². The highest BCUT2D eigenvalue weighted by Gasteiger charge is 2.34. The lowest BCUT2D eigenvalue weighted by atomic mass is 9.98. The van der Waals surface area contributed by atoms with Gasteiger partial charge in [0.25, 0.3) is 0 Å². The zero-order valence-corrected chi connectivity index (χ0v) is 29.6. The molecule has 4 N–H and O–H groups in total. The fraction of sp³-hybridized carbons (Fsp3) is 0.0612. The van der Waals surface area contributed by atoms with Crippen LogP contribution in [0.3, 0.4) is 0 Å². The number of nitrogens with zero attached hydrogens (tertiary/aromatic N) is 2. The van der Waals surface area contributed by atoms with Crippen LogP contribution >= 0.6 is 0 Å². The smallest absolute Gasteiger partial charge is 0.169 e. The second-order valence-corrected chi connectivity index (χ2v) is 14.4. The van der Waals surface area contributed by atoms with Crippen LogP contribution in [0.4, 0.5) is 0 Å². The van der Waals surface area contributed by atoms with Crippen molar-refractivity contribution in [1.29, 1.82) is 0 Å². The highest BCUT2D eigenvalue weighted by Crippen LogP contribution is 2.41. The molecule has 0 spiro atoms. The summed E-state index contributed by atoms with van der Waals surface area (Å²) in [4.78, 5) is 0. The zero-order chi connectivity index (χ0) is 35.6. The molecule has 0 bridgehead atoms. The van der Waals surface area contributed by atoms with Crippen molar-refractivity contribution in [2.45, 2.75) is 18.5 Å². The van der Waals surface area contributed by atoms with E-state index in [0.717, 1.165) is 5.69 Å². The monoisotopic (exact) mass is 696 g/mol. The van der Waals surface area contributed by atoms with Crippen molar-refractivity contribution in [2.24, 2.45) is 0 Å². The van der Waals surface area contributed by atoms with Crippen molar-refractivity contribution < 1.29 is 5.32 Å². The van der Waals surface area contributed by atoms with Crippen molar-refractivity contribution in [3.8, 4) is 11.4 Å². The first-order valence-electron chi connectivity index (χ1n) is 18.8. The van der Waals surface area contributed by atoms with Crippen LogP contribution in [0.15, 0.2) is 188 Å². The van der Waals surface area contributed by atoms with E-state index in [2.05, 4.69) is 213 Å². The van der Waals surface area contributed by atoms with E-state index in [9.17, 15) is 0 Å². The lowest BCUT2D eigenvalue weighted by Crippen LogP contribution is -2.94. The van der Waals surface area contributed by atoms with Crippen LogP contribution in [-0.2, 0) is 0 Å². The summed E-state index contributed by atoms with van der Waals surface area (Å²) in [7, 11) is 0. The molecule has 3 heterocycles. The fourth-order valence-corrected chi connectivity index (χ4v) is 8.94. The Bertz CT molecular complexity index is 2940. The van der Waals surface area contributed by atoms with Gasteiger partial charge in [-0.1, -0.05) is 146 Å². The molecule has 1 saturated heterocycles. The Morgan fingerprint density at radius 2 is 0.870 bits per heavy atom. The number of para-hydroxylation sites is 3. The molecule has 2 unspecified atom stereocenters. The molecule has 5 nitrogen and oxygen atoms in total. The Balaban J connectivity index is 1.13. The number of hydrogen-bond acceptors (Lipinski definition) is 2. The summed E-state index contributed by atoms with van der Waals surface area (Å²) in [5.74, 6) is 0. The van der Waals surface area contributed by atoms with Crippen LogP contribution in [0.25, 0.3) is 65.8 Å². The lowest BCUT2D eigenvalue weighted by Gasteiger charge is -2.37. The first-order chi connectivity index (χ1) is 26.8. The standard InChI is InChI=1S/C49H37N5/c1-4-16-32(17-5-1)47-50-48(33-18-6-2-7-19-33)52-49(51-47)39-26-14-25-36-35(39)24-15-29-44(36)54-43-28-13-11-23-38(43)41-30-40-37-22-10-12-27-42(37)53(45(40)31-46(41)54)34-20-8-3-9-21-34/h1-31,47-52H/p+1. The molecular weight excluding hydrogens is 659 g/mol. The van der Waals surface area contributed by atoms with Gasteiger partial charge in [0.1, 0.15) is 0 Å². The normalized spacial score (nSPS) is 17.6. The van der Waals surface area contributed by atoms with Crippen LogP contribution in [0.1, 0.15) is 35.2 Å². The van der Waals surface area contributed by atoms with Gasteiger partial charge in [0.05, 0.1) is 33.9 Å². The van der Waals surface area contributed by atoms with Gasteiger partial charge in [-0.25, -0.2) is 10.6 Å². The molecule has 1 aliphatic heterocycles. The number of rotatable bonds is 5. The number of nitrogens with two attached hydrogens (primary N) is 1. The summed E-state index contributed by atoms with van der Waals surface area (Å²) in [6.45, 7) is 0. The summed E-state index contributed by atoms with van der Waals surface area (Å²) in [6.07, 6.45) is 0.0816. The average Bonchev–Trinajstić information content (AvgIpc) is 3.75. The maximum atomic E-state index is 3.97. The van der Waals surface area contributed by atoms with Crippen molar-refractivity contribution in [3.63, 3.8) is 0 Å². The molecule has 0 saturated carbocycles. The molecule has 1 aliphatic rings. The Kier molecular flexibility index (Phi) is 7.23. The van der Waals surface area contributed by atoms with Crippen LogP contribution in [0.2, 0.25) is 0 Å². The highest BCUT2D eigenvalue weighted by atomic mass is 15.4. The molecule has 2 aromatic heterocycles. The number of aromatic nitrogens is 2. The molecule has 10 aromatic rings. The largest absolute Gasteiger partial charge is 0.309 e. The number of fused-ring (bicyclic) bond motifs is 7. The van der Waals surface area contributed by atoms with Gasteiger partial charge in [-0.15, -0.1) is 0 Å². The van der Waals surface area contributed by atoms with Gasteiger partial charge in [0.2, 0.25) is 0 Å². The molecule has 258 valence electrons. The van der Waals surface area contributed by atoms with E-state index in [0.29, 0.717) is 0 Å². The molecule has 1 fully saturated rings. The second kappa shape index (κ2) is 12.6. The topological polar surface area (TPSA) is 50.5 Å². The summed E-state index contributed by atoms with van der Waals surface area (Å²) >= 11 is 0. The van der Waals surface area contributed by atoms with Crippen molar-refractivity contribution in [2.75, 3.05) is 0 Å². The minimum absolute atomic E-state index is 0.0799. The van der Waals surface area contributed by atoms with Crippen LogP contribution in [0.5, 0.6) is 0 Å². The number of nitrogens with one attached hydrogen (secondary N) is 2. The summed E-state index contributed by atoms with van der Waals surface area (Å²) in [5.41, 5.74) is 10.9. The van der Waals surface area contributed by atoms with E-state index in [4.69, 9.17) is 0 Å². The van der Waals surface area contributed by atoms with Gasteiger partial charge in [-0.3, -0.25) is 0 Å². The third-order valence-electron chi connectivity index (χ3n) is 11.4. The molecule has 0 aliphatic carbocycles. The predicted molar refractivity (Wildman–Crippen MR) is 222 cm³/mol. The zero-order valence-electron chi connectivity index (χ0n) is 29.6. The third kappa shape index (κ3) is 4.91. The van der Waals surface area contributed by atoms with Crippen LogP contribution in [0, 0.1) is 0 Å². The number of quaternary nitrogens is 1. The van der Waals surface area contributed by atoms with Crippen molar-refractivity contribution in [3.05, 3.63) is 205 Å². The van der Waals surface area contributed by atoms with Gasteiger partial charge in [0, 0.05) is 43.7 Å². The second-order valence-electron chi connectivity index (χ2n) is 14.4. The maximum Gasteiger partial charge on any atom is 0.169 e. The van der Waals surface area contributed by atoms with Crippen molar-refractivity contribution in [1.82, 2.24) is 19.8 Å². The Morgan fingerprint density at radius 1 is 0.370 bits per heavy atom. The maximum absolute atomic E-state index is 3.97. The Hall–Kier alpha value is -6.50. The molecule has 54 heavy (non-hydrogen) atoms. The molecular formula is C49H38N5+. The van der Waals surface area contributed by atoms with Gasteiger partial charge in [0.15, 0.2) is 12.3 Å². The minimum Gasteiger partial charge on any atom is -0.309 e. The first-order valence-corrected chi connectivity index (χ1v) is 18.8. The molecule has 8 aromatic carbocycles. The van der Waals surface area contributed by atoms with Crippen LogP contribution in [-0.4, -0.2) is 9.13 Å². The lowest BCUT2D eigenvalue weighted by molar-refractivity contribution is -0.755. The van der Waals surface area contributed by atoms with E-state index in [-0.39, 0.29) is 18.5 Å². The fourth-order valence-electron chi connectivity index (χ4n) is 8.94. The van der Waals surface area contributed by atoms with Gasteiger partial charge < -0.3 is 14.5 Å². The molecule has 2 atom stereocenters. The summed E-state index contributed by atoms with van der Waals surface area (Å²) in [5, 5.41) is 17.8. The summed E-state index contributed by atoms with van der Waals surface area (Å²) < 4.78 is 4.90. The van der Waals surface area contributed by atoms with Crippen LogP contribution < -0.4 is 16.0 Å². The minimum atomic E-state index is -0.0799. The van der Waals surface area contributed by atoms with Gasteiger partial charge in [-0.05, 0) is 53.4 Å². The number of benzene rings is 8. The van der Waals surface area contributed by atoms with E-state index in [1.54, 1.807) is 0 Å². The SMILES string of the molecule is c1ccc(C2NC(c3cccc4c(-n5c6ccccc6c6cc7c8ccccc8n(-c8ccccc8)c7cc65)cccc34)NC(c3ccccc3)[NH2+]2)cc1. The predicted octanol–water partition coefficient (Wildman–Crippen LogP) is 10.2. The Labute approximate surface area is 313 Å². The molecule has 0 radical (unpaired) electrons. The molecule has 5 heteroatoms. The Morgan fingerprint density at radius 3 is 1.52 bits per heavy atom. The van der Waals surface area contributed by atoms with E-state index >= 15 is 0 Å².